The van der Waals surface area contributed by atoms with Gasteiger partial charge in [0.15, 0.2) is 6.10 Å². The molecule has 0 amide bonds. The third kappa shape index (κ3) is 58.6. The summed E-state index contributed by atoms with van der Waals surface area (Å²) in [5.74, 6) is -1.05. The van der Waals surface area contributed by atoms with Gasteiger partial charge in [-0.1, -0.05) is 271 Å². The summed E-state index contributed by atoms with van der Waals surface area (Å²) in [7, 11) is 0. The van der Waals surface area contributed by atoms with Gasteiger partial charge in [0.1, 0.15) is 13.2 Å². The van der Waals surface area contributed by atoms with Gasteiger partial charge >= 0.3 is 17.9 Å². The highest BCUT2D eigenvalue weighted by atomic mass is 16.6. The molecule has 0 aromatic rings. The molecule has 0 aliphatic carbocycles. The highest BCUT2D eigenvalue weighted by Crippen LogP contribution is 2.16. The van der Waals surface area contributed by atoms with Crippen molar-refractivity contribution in [2.75, 3.05) is 13.2 Å². The van der Waals surface area contributed by atoms with Crippen LogP contribution in [0.2, 0.25) is 0 Å². The van der Waals surface area contributed by atoms with Crippen LogP contribution in [0.5, 0.6) is 0 Å². The highest BCUT2D eigenvalue weighted by Gasteiger charge is 2.19. The summed E-state index contributed by atoms with van der Waals surface area (Å²) in [5.41, 5.74) is 0. The lowest BCUT2D eigenvalue weighted by Crippen LogP contribution is -2.30. The standard InChI is InChI=1S/C67H110O6/c1-4-7-10-13-16-19-22-25-28-30-32-33-35-36-39-42-45-48-51-54-57-60-66(69)72-63-64(62-71-65(68)59-56-53-50-47-44-41-38-27-24-21-18-15-12-9-6-3)73-67(70)61-58-55-52-49-46-43-40-37-34-31-29-26-23-20-17-14-11-8-5-2/h8-9,11-12,17-18,20-21,26-27,29,34,37-38,43-44,46-47,52,55,64H,4-7,10,13-16,19,22-25,28,30-33,35-36,39-42,45,48-51,53-54,56-63H2,1-3H3/b11-8-,12-9-,20-17-,21-18-,29-26-,37-34-,38-27-,46-43-,47-44-,55-52-. The highest BCUT2D eigenvalue weighted by molar-refractivity contribution is 5.71. The molecule has 0 aliphatic heterocycles. The molecule has 0 radical (unpaired) electrons. The molecule has 414 valence electrons. The van der Waals surface area contributed by atoms with Crippen molar-refractivity contribution in [1.29, 1.82) is 0 Å². The Balaban J connectivity index is 4.51. The van der Waals surface area contributed by atoms with Crippen LogP contribution < -0.4 is 0 Å². The minimum absolute atomic E-state index is 0.122. The Bertz CT molecular complexity index is 1540. The van der Waals surface area contributed by atoms with Crippen LogP contribution in [0.3, 0.4) is 0 Å². The average Bonchev–Trinajstić information content (AvgIpc) is 3.39. The van der Waals surface area contributed by atoms with Gasteiger partial charge in [-0.3, -0.25) is 14.4 Å². The molecule has 6 nitrogen and oxygen atoms in total. The van der Waals surface area contributed by atoms with Gasteiger partial charge in [-0.2, -0.15) is 0 Å². The van der Waals surface area contributed by atoms with Crippen LogP contribution >= 0.6 is 0 Å². The summed E-state index contributed by atoms with van der Waals surface area (Å²) in [6, 6.07) is 0. The molecular formula is C67H110O6. The second-order valence-electron chi connectivity index (χ2n) is 19.5. The second-order valence-corrected chi connectivity index (χ2v) is 19.5. The molecule has 0 heterocycles. The number of hydrogen-bond donors (Lipinski definition) is 0. The number of ether oxygens (including phenoxy) is 3. The van der Waals surface area contributed by atoms with Crippen molar-refractivity contribution in [1.82, 2.24) is 0 Å². The Morgan fingerprint density at radius 1 is 0.288 bits per heavy atom. The van der Waals surface area contributed by atoms with E-state index in [-0.39, 0.29) is 38.0 Å². The zero-order chi connectivity index (χ0) is 52.9. The van der Waals surface area contributed by atoms with Crippen LogP contribution in [0, 0.1) is 0 Å². The molecule has 1 atom stereocenters. The van der Waals surface area contributed by atoms with E-state index in [1.807, 2.05) is 12.2 Å². The van der Waals surface area contributed by atoms with Gasteiger partial charge in [-0.25, -0.2) is 0 Å². The van der Waals surface area contributed by atoms with E-state index in [2.05, 4.69) is 130 Å². The molecule has 6 heteroatoms. The molecule has 1 unspecified atom stereocenters. The van der Waals surface area contributed by atoms with Gasteiger partial charge in [-0.05, 0) is 96.3 Å². The summed E-state index contributed by atoms with van der Waals surface area (Å²) in [6.07, 6.45) is 83.6. The minimum atomic E-state index is -0.838. The lowest BCUT2D eigenvalue weighted by atomic mass is 10.0. The molecule has 0 rings (SSSR count). The fourth-order valence-electron chi connectivity index (χ4n) is 8.05. The third-order valence-corrected chi connectivity index (χ3v) is 12.5. The topological polar surface area (TPSA) is 78.9 Å². The number of allylic oxidation sites excluding steroid dienone is 20. The maximum absolute atomic E-state index is 12.8. The number of unbranched alkanes of at least 4 members (excludes halogenated alkanes) is 22. The van der Waals surface area contributed by atoms with Crippen LogP contribution in [0.1, 0.15) is 265 Å². The maximum atomic E-state index is 12.8. The minimum Gasteiger partial charge on any atom is -0.462 e. The Labute approximate surface area is 450 Å². The zero-order valence-electron chi connectivity index (χ0n) is 47.4. The first-order chi connectivity index (χ1) is 36.0. The number of rotatable bonds is 53. The number of carbonyl (C=O) groups excluding carboxylic acids is 3. The van der Waals surface area contributed by atoms with Crippen molar-refractivity contribution >= 4 is 17.9 Å². The van der Waals surface area contributed by atoms with E-state index >= 15 is 0 Å². The van der Waals surface area contributed by atoms with Crippen LogP contribution in [0.25, 0.3) is 0 Å². The Kier molecular flexibility index (Phi) is 56.9. The van der Waals surface area contributed by atoms with Crippen molar-refractivity contribution in [3.8, 4) is 0 Å². The molecule has 0 aliphatic rings. The van der Waals surface area contributed by atoms with E-state index in [1.54, 1.807) is 0 Å². The molecule has 0 spiro atoms. The van der Waals surface area contributed by atoms with Gasteiger partial charge in [0.2, 0.25) is 0 Å². The van der Waals surface area contributed by atoms with Crippen molar-refractivity contribution in [2.24, 2.45) is 0 Å². The molecular weight excluding hydrogens is 901 g/mol. The summed E-state index contributed by atoms with van der Waals surface area (Å²) >= 11 is 0. The fraction of sp³-hybridized carbons (Fsp3) is 0.657. The smallest absolute Gasteiger partial charge is 0.306 e. The van der Waals surface area contributed by atoms with Gasteiger partial charge in [-0.15, -0.1) is 0 Å². The van der Waals surface area contributed by atoms with E-state index in [0.717, 1.165) is 96.3 Å². The normalized spacial score (nSPS) is 13.0. The largest absolute Gasteiger partial charge is 0.462 e. The first-order valence-corrected chi connectivity index (χ1v) is 30.0. The molecule has 0 aromatic heterocycles. The van der Waals surface area contributed by atoms with Crippen molar-refractivity contribution < 1.29 is 28.6 Å². The molecule has 0 aromatic carbocycles. The summed E-state index contributed by atoms with van der Waals surface area (Å²) < 4.78 is 16.8. The molecule has 0 bridgehead atoms. The monoisotopic (exact) mass is 1010 g/mol. The summed E-state index contributed by atoms with van der Waals surface area (Å²) in [6.45, 7) is 6.33. The SMILES string of the molecule is CC/C=C\C/C=C\C/C=C\C/C=C\C/C=C\C/C=C\CCC(=O)OC(COC(=O)CCCC/C=C\C/C=C\C/C=C\C/C=C\CC)COC(=O)CCCCCCCCCCCCCCCCCCCCCCC. The Morgan fingerprint density at radius 3 is 0.890 bits per heavy atom. The fourth-order valence-corrected chi connectivity index (χ4v) is 8.05. The van der Waals surface area contributed by atoms with Gasteiger partial charge in [0.05, 0.1) is 0 Å². The van der Waals surface area contributed by atoms with Crippen LogP contribution in [0.4, 0.5) is 0 Å². The second kappa shape index (κ2) is 60.4. The maximum Gasteiger partial charge on any atom is 0.306 e. The van der Waals surface area contributed by atoms with E-state index in [4.69, 9.17) is 14.2 Å². The molecule has 0 saturated carbocycles. The van der Waals surface area contributed by atoms with E-state index < -0.39 is 12.1 Å². The third-order valence-electron chi connectivity index (χ3n) is 12.5. The lowest BCUT2D eigenvalue weighted by molar-refractivity contribution is -0.166. The van der Waals surface area contributed by atoms with E-state index in [0.29, 0.717) is 19.3 Å². The zero-order valence-corrected chi connectivity index (χ0v) is 47.4. The van der Waals surface area contributed by atoms with Crippen molar-refractivity contribution in [3.05, 3.63) is 122 Å². The van der Waals surface area contributed by atoms with Gasteiger partial charge in [0, 0.05) is 19.3 Å². The average molecular weight is 1010 g/mol. The Morgan fingerprint density at radius 2 is 0.562 bits per heavy atom. The van der Waals surface area contributed by atoms with Crippen molar-refractivity contribution in [2.45, 2.75) is 271 Å². The first-order valence-electron chi connectivity index (χ1n) is 30.0. The molecule has 0 fully saturated rings. The lowest BCUT2D eigenvalue weighted by Gasteiger charge is -2.18. The predicted octanol–water partition coefficient (Wildman–Crippen LogP) is 20.4. The summed E-state index contributed by atoms with van der Waals surface area (Å²) in [4.78, 5) is 38.2. The number of carbonyl (C=O) groups is 3. The quantitative estimate of drug-likeness (QED) is 0.0261. The molecule has 0 N–H and O–H groups in total. The molecule has 73 heavy (non-hydrogen) atoms. The molecule has 0 saturated heterocycles. The first kappa shape index (κ1) is 68.8. The predicted molar refractivity (Wildman–Crippen MR) is 316 cm³/mol. The number of hydrogen-bond acceptors (Lipinski definition) is 6. The van der Waals surface area contributed by atoms with E-state index in [9.17, 15) is 14.4 Å². The summed E-state index contributed by atoms with van der Waals surface area (Å²) in [5, 5.41) is 0. The van der Waals surface area contributed by atoms with Crippen LogP contribution in [-0.4, -0.2) is 37.2 Å². The number of esters is 3. The van der Waals surface area contributed by atoms with Gasteiger partial charge in [0.25, 0.3) is 0 Å². The van der Waals surface area contributed by atoms with Gasteiger partial charge < -0.3 is 14.2 Å². The van der Waals surface area contributed by atoms with E-state index in [1.165, 1.54) is 116 Å². The van der Waals surface area contributed by atoms with Crippen LogP contribution in [-0.2, 0) is 28.6 Å². The van der Waals surface area contributed by atoms with Crippen LogP contribution in [0.15, 0.2) is 122 Å². The Hall–Kier alpha value is -4.19. The van der Waals surface area contributed by atoms with Crippen molar-refractivity contribution in [3.63, 3.8) is 0 Å².